The predicted octanol–water partition coefficient (Wildman–Crippen LogP) is 3.49. The first-order valence-electron chi connectivity index (χ1n) is 5.45. The van der Waals surface area contributed by atoms with Gasteiger partial charge in [-0.25, -0.2) is 0 Å². The van der Waals surface area contributed by atoms with E-state index in [4.69, 9.17) is 0 Å². The summed E-state index contributed by atoms with van der Waals surface area (Å²) in [6.07, 6.45) is 11.0. The average Bonchev–Trinajstić information content (AvgIpc) is 2.15. The molecule has 0 aliphatic heterocycles. The fourth-order valence-corrected chi connectivity index (χ4v) is 2.01. The molecule has 0 radical (unpaired) electrons. The Morgan fingerprint density at radius 1 is 1.31 bits per heavy atom. The van der Waals surface area contributed by atoms with Gasteiger partial charge in [0, 0.05) is 12.8 Å². The van der Waals surface area contributed by atoms with Crippen LogP contribution >= 0.6 is 0 Å². The number of hydrogen-bond acceptors (Lipinski definition) is 1. The summed E-state index contributed by atoms with van der Waals surface area (Å²) in [5, 5.41) is 0. The van der Waals surface area contributed by atoms with Gasteiger partial charge in [-0.3, -0.25) is 4.79 Å². The highest BCUT2D eigenvalue weighted by atomic mass is 16.1. The summed E-state index contributed by atoms with van der Waals surface area (Å²) >= 11 is 0. The van der Waals surface area contributed by atoms with Gasteiger partial charge in [0.2, 0.25) is 0 Å². The zero-order valence-electron chi connectivity index (χ0n) is 8.43. The Hall–Kier alpha value is -0.590. The molecule has 1 rings (SSSR count). The molecule has 1 nitrogen and oxygen atoms in total. The van der Waals surface area contributed by atoms with Crippen LogP contribution < -0.4 is 0 Å². The molecule has 0 amide bonds. The molecule has 1 fully saturated rings. The minimum atomic E-state index is 0.474. The van der Waals surface area contributed by atoms with Gasteiger partial charge < -0.3 is 0 Å². The van der Waals surface area contributed by atoms with Crippen LogP contribution in [-0.4, -0.2) is 5.78 Å². The number of allylic oxidation sites excluding steroid dienone is 1. The van der Waals surface area contributed by atoms with E-state index in [0.717, 1.165) is 38.0 Å². The van der Waals surface area contributed by atoms with Crippen molar-refractivity contribution in [1.29, 1.82) is 0 Å². The SMILES string of the molecule is C=CCCCCC1CCC(=O)CC1. The molecule has 0 aromatic heterocycles. The van der Waals surface area contributed by atoms with Crippen LogP contribution in [-0.2, 0) is 4.79 Å². The third kappa shape index (κ3) is 4.25. The van der Waals surface area contributed by atoms with Gasteiger partial charge in [0.25, 0.3) is 0 Å². The highest BCUT2D eigenvalue weighted by Crippen LogP contribution is 2.26. The Morgan fingerprint density at radius 2 is 2.00 bits per heavy atom. The monoisotopic (exact) mass is 180 g/mol. The summed E-state index contributed by atoms with van der Waals surface area (Å²) in [6.45, 7) is 3.71. The summed E-state index contributed by atoms with van der Waals surface area (Å²) in [6, 6.07) is 0. The van der Waals surface area contributed by atoms with Gasteiger partial charge in [-0.05, 0) is 31.6 Å². The van der Waals surface area contributed by atoms with Crippen LogP contribution in [0.25, 0.3) is 0 Å². The molecular weight excluding hydrogens is 160 g/mol. The number of Topliss-reactive ketones (excluding diaryl/α,β-unsaturated/α-hetero) is 1. The Kier molecular flexibility index (Phi) is 4.81. The number of rotatable bonds is 5. The Labute approximate surface area is 81.2 Å². The second-order valence-electron chi connectivity index (χ2n) is 4.06. The van der Waals surface area contributed by atoms with Crippen molar-refractivity contribution < 1.29 is 4.79 Å². The Morgan fingerprint density at radius 3 is 2.62 bits per heavy atom. The molecule has 1 saturated carbocycles. The molecule has 1 aliphatic carbocycles. The molecule has 1 aliphatic rings. The number of hydrogen-bond donors (Lipinski definition) is 0. The minimum Gasteiger partial charge on any atom is -0.300 e. The van der Waals surface area contributed by atoms with E-state index in [1.54, 1.807) is 0 Å². The molecule has 74 valence electrons. The molecule has 0 N–H and O–H groups in total. The molecule has 0 spiro atoms. The Balaban J connectivity index is 2.02. The summed E-state index contributed by atoms with van der Waals surface area (Å²) < 4.78 is 0. The third-order valence-corrected chi connectivity index (χ3v) is 2.93. The summed E-state index contributed by atoms with van der Waals surface area (Å²) in [4.78, 5) is 11.0. The average molecular weight is 180 g/mol. The first-order chi connectivity index (χ1) is 6.33. The highest BCUT2D eigenvalue weighted by molar-refractivity contribution is 5.78. The van der Waals surface area contributed by atoms with Crippen molar-refractivity contribution in [2.24, 2.45) is 5.92 Å². The topological polar surface area (TPSA) is 17.1 Å². The van der Waals surface area contributed by atoms with E-state index in [-0.39, 0.29) is 0 Å². The molecule has 0 bridgehead atoms. The van der Waals surface area contributed by atoms with Gasteiger partial charge in [-0.15, -0.1) is 6.58 Å². The zero-order chi connectivity index (χ0) is 9.52. The second kappa shape index (κ2) is 5.95. The van der Waals surface area contributed by atoms with Crippen LogP contribution in [0.4, 0.5) is 0 Å². The molecule has 13 heavy (non-hydrogen) atoms. The predicted molar refractivity (Wildman–Crippen MR) is 55.6 cm³/mol. The van der Waals surface area contributed by atoms with Crippen LogP contribution in [0.5, 0.6) is 0 Å². The van der Waals surface area contributed by atoms with E-state index in [0.29, 0.717) is 5.78 Å². The molecular formula is C12H20O. The largest absolute Gasteiger partial charge is 0.300 e. The van der Waals surface area contributed by atoms with Gasteiger partial charge in [0.1, 0.15) is 5.78 Å². The third-order valence-electron chi connectivity index (χ3n) is 2.93. The van der Waals surface area contributed by atoms with Gasteiger partial charge >= 0.3 is 0 Å². The van der Waals surface area contributed by atoms with Crippen LogP contribution in [0.1, 0.15) is 51.4 Å². The standard InChI is InChI=1S/C12H20O/c1-2-3-4-5-6-11-7-9-12(13)10-8-11/h2,11H,1,3-10H2. The molecule has 0 saturated heterocycles. The van der Waals surface area contributed by atoms with E-state index in [1.165, 1.54) is 19.3 Å². The lowest BCUT2D eigenvalue weighted by Gasteiger charge is -2.20. The fourth-order valence-electron chi connectivity index (χ4n) is 2.01. The van der Waals surface area contributed by atoms with Crippen molar-refractivity contribution in [2.75, 3.05) is 0 Å². The lowest BCUT2D eigenvalue weighted by Crippen LogP contribution is -2.13. The lowest BCUT2D eigenvalue weighted by molar-refractivity contribution is -0.121. The molecule has 0 heterocycles. The summed E-state index contributed by atoms with van der Waals surface area (Å²) in [5.74, 6) is 1.31. The van der Waals surface area contributed by atoms with Crippen molar-refractivity contribution in [3.8, 4) is 0 Å². The first kappa shape index (κ1) is 10.5. The summed E-state index contributed by atoms with van der Waals surface area (Å²) in [7, 11) is 0. The summed E-state index contributed by atoms with van der Waals surface area (Å²) in [5.41, 5.74) is 0. The maximum atomic E-state index is 11.0. The molecule has 1 heteroatoms. The van der Waals surface area contributed by atoms with E-state index < -0.39 is 0 Å². The van der Waals surface area contributed by atoms with Crippen molar-refractivity contribution in [3.05, 3.63) is 12.7 Å². The highest BCUT2D eigenvalue weighted by Gasteiger charge is 2.17. The van der Waals surface area contributed by atoms with E-state index >= 15 is 0 Å². The maximum absolute atomic E-state index is 11.0. The molecule has 0 aromatic rings. The second-order valence-corrected chi connectivity index (χ2v) is 4.06. The number of ketones is 1. The maximum Gasteiger partial charge on any atom is 0.132 e. The Bertz CT molecular complexity index is 162. The van der Waals surface area contributed by atoms with Gasteiger partial charge in [-0.2, -0.15) is 0 Å². The number of unbranched alkanes of at least 4 members (excludes halogenated alkanes) is 2. The quantitative estimate of drug-likeness (QED) is 0.467. The molecule has 0 aromatic carbocycles. The van der Waals surface area contributed by atoms with Crippen LogP contribution in [0.2, 0.25) is 0 Å². The van der Waals surface area contributed by atoms with Crippen molar-refractivity contribution in [1.82, 2.24) is 0 Å². The molecule has 0 unspecified atom stereocenters. The molecule has 0 atom stereocenters. The van der Waals surface area contributed by atoms with Gasteiger partial charge in [0.15, 0.2) is 0 Å². The zero-order valence-corrected chi connectivity index (χ0v) is 8.43. The smallest absolute Gasteiger partial charge is 0.132 e. The van der Waals surface area contributed by atoms with Gasteiger partial charge in [0.05, 0.1) is 0 Å². The normalized spacial score (nSPS) is 18.9. The lowest BCUT2D eigenvalue weighted by atomic mass is 9.85. The van der Waals surface area contributed by atoms with E-state index in [1.807, 2.05) is 6.08 Å². The fraction of sp³-hybridized carbons (Fsp3) is 0.750. The van der Waals surface area contributed by atoms with Gasteiger partial charge in [-0.1, -0.05) is 18.9 Å². The first-order valence-corrected chi connectivity index (χ1v) is 5.45. The van der Waals surface area contributed by atoms with E-state index in [2.05, 4.69) is 6.58 Å². The van der Waals surface area contributed by atoms with Crippen molar-refractivity contribution >= 4 is 5.78 Å². The van der Waals surface area contributed by atoms with Crippen LogP contribution in [0.15, 0.2) is 12.7 Å². The number of carbonyl (C=O) groups excluding carboxylic acids is 1. The van der Waals surface area contributed by atoms with Crippen LogP contribution in [0.3, 0.4) is 0 Å². The van der Waals surface area contributed by atoms with Crippen molar-refractivity contribution in [3.63, 3.8) is 0 Å². The minimum absolute atomic E-state index is 0.474. The van der Waals surface area contributed by atoms with Crippen molar-refractivity contribution in [2.45, 2.75) is 51.4 Å². The van der Waals surface area contributed by atoms with E-state index in [9.17, 15) is 4.79 Å². The van der Waals surface area contributed by atoms with Crippen LogP contribution in [0, 0.1) is 5.92 Å². The number of carbonyl (C=O) groups is 1.